The highest BCUT2D eigenvalue weighted by Gasteiger charge is 2.31. The maximum absolute atomic E-state index is 11.9. The second-order valence-electron chi connectivity index (χ2n) is 2.66. The summed E-state index contributed by atoms with van der Waals surface area (Å²) in [5.74, 6) is 0.151. The van der Waals surface area contributed by atoms with Crippen LogP contribution in [0.15, 0.2) is 24.8 Å². The van der Waals surface area contributed by atoms with Crippen LogP contribution >= 0.6 is 0 Å². The molecule has 15 heavy (non-hydrogen) atoms. The van der Waals surface area contributed by atoms with Crippen LogP contribution in [-0.4, -0.2) is 13.5 Å². The summed E-state index contributed by atoms with van der Waals surface area (Å²) in [4.78, 5) is 0. The van der Waals surface area contributed by atoms with Crippen LogP contribution in [0.3, 0.4) is 0 Å². The van der Waals surface area contributed by atoms with E-state index in [1.807, 2.05) is 0 Å². The Morgan fingerprint density at radius 1 is 1.33 bits per heavy atom. The number of hydrogen-bond donors (Lipinski definition) is 0. The highest BCUT2D eigenvalue weighted by atomic mass is 19.4. The van der Waals surface area contributed by atoms with E-state index in [0.717, 1.165) is 0 Å². The van der Waals surface area contributed by atoms with Crippen molar-refractivity contribution in [3.8, 4) is 11.5 Å². The molecule has 0 fully saturated rings. The molecule has 0 bridgehead atoms. The fourth-order valence-electron chi connectivity index (χ4n) is 1.07. The number of alkyl halides is 3. The standard InChI is InChI=1S/C10H9F3O2/c1-3-7-6-8(15-10(11,12)13)4-5-9(7)14-2/h3-6H,1H2,2H3. The van der Waals surface area contributed by atoms with E-state index in [0.29, 0.717) is 11.3 Å². The highest BCUT2D eigenvalue weighted by molar-refractivity contribution is 5.58. The lowest BCUT2D eigenvalue weighted by molar-refractivity contribution is -0.274. The number of methoxy groups -OCH3 is 1. The zero-order chi connectivity index (χ0) is 11.5. The molecule has 5 heteroatoms. The summed E-state index contributed by atoms with van der Waals surface area (Å²) in [7, 11) is 1.42. The molecule has 0 aliphatic heterocycles. The van der Waals surface area contributed by atoms with Gasteiger partial charge < -0.3 is 9.47 Å². The molecule has 1 aromatic carbocycles. The van der Waals surface area contributed by atoms with Crippen molar-refractivity contribution < 1.29 is 22.6 Å². The van der Waals surface area contributed by atoms with Crippen molar-refractivity contribution in [3.63, 3.8) is 0 Å². The van der Waals surface area contributed by atoms with Crippen molar-refractivity contribution in [3.05, 3.63) is 30.3 Å². The van der Waals surface area contributed by atoms with Gasteiger partial charge in [-0.05, 0) is 18.2 Å². The molecule has 2 nitrogen and oxygen atoms in total. The molecule has 0 saturated heterocycles. The van der Waals surface area contributed by atoms with E-state index in [1.165, 1.54) is 31.4 Å². The first kappa shape index (κ1) is 11.4. The Morgan fingerprint density at radius 2 is 2.00 bits per heavy atom. The Morgan fingerprint density at radius 3 is 2.47 bits per heavy atom. The van der Waals surface area contributed by atoms with Crippen molar-refractivity contribution in [1.82, 2.24) is 0 Å². The molecule has 0 spiro atoms. The van der Waals surface area contributed by atoms with Gasteiger partial charge in [0.25, 0.3) is 0 Å². The molecule has 0 N–H and O–H groups in total. The van der Waals surface area contributed by atoms with Crippen molar-refractivity contribution >= 4 is 6.08 Å². The Bertz CT molecular complexity index is 358. The summed E-state index contributed by atoms with van der Waals surface area (Å²) in [6, 6.07) is 3.77. The second-order valence-corrected chi connectivity index (χ2v) is 2.66. The molecule has 0 saturated carbocycles. The predicted molar refractivity (Wildman–Crippen MR) is 49.8 cm³/mol. The normalized spacial score (nSPS) is 10.9. The average Bonchev–Trinajstić information content (AvgIpc) is 2.15. The van der Waals surface area contributed by atoms with Crippen molar-refractivity contribution in [2.24, 2.45) is 0 Å². The summed E-state index contributed by atoms with van der Waals surface area (Å²) in [6.45, 7) is 3.46. The minimum Gasteiger partial charge on any atom is -0.496 e. The van der Waals surface area contributed by atoms with Crippen LogP contribution in [0, 0.1) is 0 Å². The van der Waals surface area contributed by atoms with Crippen LogP contribution in [-0.2, 0) is 0 Å². The van der Waals surface area contributed by atoms with E-state index in [9.17, 15) is 13.2 Å². The van der Waals surface area contributed by atoms with Gasteiger partial charge in [0, 0.05) is 5.56 Å². The quantitative estimate of drug-likeness (QED) is 0.775. The molecule has 0 aliphatic carbocycles. The van der Waals surface area contributed by atoms with E-state index in [-0.39, 0.29) is 5.75 Å². The largest absolute Gasteiger partial charge is 0.573 e. The SMILES string of the molecule is C=Cc1cc(OC(F)(F)F)ccc1OC. The van der Waals surface area contributed by atoms with Crippen LogP contribution in [0.2, 0.25) is 0 Å². The van der Waals surface area contributed by atoms with Gasteiger partial charge in [-0.15, -0.1) is 13.2 Å². The van der Waals surface area contributed by atoms with Gasteiger partial charge in [-0.25, -0.2) is 0 Å². The van der Waals surface area contributed by atoms with Crippen LogP contribution in [0.4, 0.5) is 13.2 Å². The summed E-state index contributed by atoms with van der Waals surface area (Å²) < 4.78 is 44.3. The second kappa shape index (κ2) is 4.25. The lowest BCUT2D eigenvalue weighted by Crippen LogP contribution is -2.17. The van der Waals surface area contributed by atoms with Gasteiger partial charge in [0.2, 0.25) is 0 Å². The summed E-state index contributed by atoms with van der Waals surface area (Å²) in [5.41, 5.74) is 0.444. The molecule has 0 aliphatic rings. The van der Waals surface area contributed by atoms with E-state index in [1.54, 1.807) is 0 Å². The first-order valence-electron chi connectivity index (χ1n) is 4.02. The smallest absolute Gasteiger partial charge is 0.496 e. The van der Waals surface area contributed by atoms with Crippen LogP contribution < -0.4 is 9.47 Å². The van der Waals surface area contributed by atoms with Crippen molar-refractivity contribution in [1.29, 1.82) is 0 Å². The van der Waals surface area contributed by atoms with Gasteiger partial charge >= 0.3 is 6.36 Å². The number of halogens is 3. The summed E-state index contributed by atoms with van der Waals surface area (Å²) >= 11 is 0. The molecule has 82 valence electrons. The molecule has 0 atom stereocenters. The Hall–Kier alpha value is -1.65. The van der Waals surface area contributed by atoms with Gasteiger partial charge in [-0.3, -0.25) is 0 Å². The van der Waals surface area contributed by atoms with Crippen LogP contribution in [0.25, 0.3) is 6.08 Å². The summed E-state index contributed by atoms with van der Waals surface area (Å²) in [5, 5.41) is 0. The molecule has 1 aromatic rings. The third-order valence-corrected chi connectivity index (χ3v) is 1.65. The van der Waals surface area contributed by atoms with Crippen molar-refractivity contribution in [2.45, 2.75) is 6.36 Å². The summed E-state index contributed by atoms with van der Waals surface area (Å²) in [6.07, 6.45) is -3.30. The third-order valence-electron chi connectivity index (χ3n) is 1.65. The lowest BCUT2D eigenvalue weighted by atomic mass is 10.2. The number of benzene rings is 1. The van der Waals surface area contributed by atoms with Gasteiger partial charge in [0.05, 0.1) is 7.11 Å². The van der Waals surface area contributed by atoms with Gasteiger partial charge in [0.15, 0.2) is 0 Å². The average molecular weight is 218 g/mol. The maximum Gasteiger partial charge on any atom is 0.573 e. The topological polar surface area (TPSA) is 18.5 Å². The first-order valence-corrected chi connectivity index (χ1v) is 4.02. The Balaban J connectivity index is 2.98. The fraction of sp³-hybridized carbons (Fsp3) is 0.200. The molecule has 0 heterocycles. The maximum atomic E-state index is 11.9. The highest BCUT2D eigenvalue weighted by Crippen LogP contribution is 2.28. The number of rotatable bonds is 3. The minimum atomic E-state index is -4.69. The van der Waals surface area contributed by atoms with E-state index >= 15 is 0 Å². The van der Waals surface area contributed by atoms with E-state index < -0.39 is 6.36 Å². The molecule has 0 amide bonds. The Kier molecular flexibility index (Phi) is 3.24. The predicted octanol–water partition coefficient (Wildman–Crippen LogP) is 3.24. The minimum absolute atomic E-state index is 0.293. The molecule has 0 unspecified atom stereocenters. The van der Waals surface area contributed by atoms with E-state index in [2.05, 4.69) is 11.3 Å². The zero-order valence-corrected chi connectivity index (χ0v) is 7.97. The molecule has 0 radical (unpaired) electrons. The fourth-order valence-corrected chi connectivity index (χ4v) is 1.07. The lowest BCUT2D eigenvalue weighted by Gasteiger charge is -2.11. The number of ether oxygens (including phenoxy) is 2. The number of hydrogen-bond acceptors (Lipinski definition) is 2. The van der Waals surface area contributed by atoms with Crippen LogP contribution in [0.5, 0.6) is 11.5 Å². The van der Waals surface area contributed by atoms with Gasteiger partial charge in [-0.1, -0.05) is 12.7 Å². The first-order chi connectivity index (χ1) is 6.96. The Labute approximate surface area is 84.9 Å². The zero-order valence-electron chi connectivity index (χ0n) is 7.97. The molecular formula is C10H9F3O2. The molecule has 0 aromatic heterocycles. The van der Waals surface area contributed by atoms with Gasteiger partial charge in [0.1, 0.15) is 11.5 Å². The molecular weight excluding hydrogens is 209 g/mol. The monoisotopic (exact) mass is 218 g/mol. The van der Waals surface area contributed by atoms with Gasteiger partial charge in [-0.2, -0.15) is 0 Å². The third kappa shape index (κ3) is 3.19. The van der Waals surface area contributed by atoms with Crippen molar-refractivity contribution in [2.75, 3.05) is 7.11 Å². The van der Waals surface area contributed by atoms with E-state index in [4.69, 9.17) is 4.74 Å². The molecule has 1 rings (SSSR count). The van der Waals surface area contributed by atoms with Crippen LogP contribution in [0.1, 0.15) is 5.56 Å².